The minimum absolute atomic E-state index is 0.0342. The number of hydrogen-bond donors (Lipinski definition) is 1. The lowest BCUT2D eigenvalue weighted by molar-refractivity contribution is -0.0495. The first kappa shape index (κ1) is 24.8. The standard InChI is InChI=1S/C22H12ClF3N6O3S/c23-11-4-5-12(28-8-11)10-34-22-32-31-21(36-22)30-19(33)15-9-29-13(7-27)6-14(15)18-16(24)2-1-3-17(18)35-20(25)26/h1-6,8-9,20H,10H2,(H,30,31,33). The van der Waals surface area contributed by atoms with E-state index in [9.17, 15) is 23.2 Å². The van der Waals surface area contributed by atoms with Crippen molar-refractivity contribution in [1.82, 2.24) is 20.2 Å². The van der Waals surface area contributed by atoms with E-state index in [1.165, 1.54) is 12.3 Å². The van der Waals surface area contributed by atoms with Gasteiger partial charge in [-0.1, -0.05) is 22.8 Å². The molecule has 0 saturated carbocycles. The minimum Gasteiger partial charge on any atom is -0.462 e. The number of carbonyl (C=O) groups excluding carboxylic acids is 1. The summed E-state index contributed by atoms with van der Waals surface area (Å²) in [5, 5.41) is 19.9. The van der Waals surface area contributed by atoms with Crippen LogP contribution in [0.2, 0.25) is 5.02 Å². The van der Waals surface area contributed by atoms with Crippen molar-refractivity contribution in [3.8, 4) is 28.1 Å². The van der Waals surface area contributed by atoms with Crippen LogP contribution in [0, 0.1) is 17.1 Å². The van der Waals surface area contributed by atoms with Crippen molar-refractivity contribution in [1.29, 1.82) is 5.26 Å². The maximum Gasteiger partial charge on any atom is 0.387 e. The molecule has 1 N–H and O–H groups in total. The third-order valence-electron chi connectivity index (χ3n) is 4.48. The van der Waals surface area contributed by atoms with Crippen LogP contribution in [0.15, 0.2) is 48.8 Å². The van der Waals surface area contributed by atoms with Crippen molar-refractivity contribution in [3.63, 3.8) is 0 Å². The highest BCUT2D eigenvalue weighted by molar-refractivity contribution is 7.17. The largest absolute Gasteiger partial charge is 0.462 e. The third-order valence-corrected chi connectivity index (χ3v) is 5.46. The normalized spacial score (nSPS) is 10.7. The quantitative estimate of drug-likeness (QED) is 0.333. The van der Waals surface area contributed by atoms with Crippen molar-refractivity contribution >= 4 is 34.0 Å². The molecule has 0 saturated heterocycles. The molecule has 36 heavy (non-hydrogen) atoms. The Morgan fingerprint density at radius 3 is 2.75 bits per heavy atom. The number of ether oxygens (including phenoxy) is 2. The number of nitrogens with zero attached hydrogens (tertiary/aromatic N) is 5. The van der Waals surface area contributed by atoms with Gasteiger partial charge in [-0.25, -0.2) is 9.37 Å². The molecule has 1 aromatic carbocycles. The highest BCUT2D eigenvalue weighted by Crippen LogP contribution is 2.36. The Bertz CT molecular complexity index is 1450. The summed E-state index contributed by atoms with van der Waals surface area (Å²) in [6, 6.07) is 9.47. The zero-order valence-electron chi connectivity index (χ0n) is 17.8. The maximum absolute atomic E-state index is 14.7. The number of amides is 1. The minimum atomic E-state index is -3.25. The van der Waals surface area contributed by atoms with Crippen LogP contribution in [0.25, 0.3) is 11.1 Å². The van der Waals surface area contributed by atoms with Crippen LogP contribution in [0.5, 0.6) is 10.9 Å². The zero-order valence-corrected chi connectivity index (χ0v) is 19.4. The van der Waals surface area contributed by atoms with Crippen molar-refractivity contribution < 1.29 is 27.4 Å². The Morgan fingerprint density at radius 1 is 1.19 bits per heavy atom. The van der Waals surface area contributed by atoms with E-state index in [1.807, 2.05) is 0 Å². The number of alkyl halides is 2. The highest BCUT2D eigenvalue weighted by Gasteiger charge is 2.23. The third kappa shape index (κ3) is 5.85. The molecule has 9 nitrogen and oxygen atoms in total. The topological polar surface area (TPSA) is 123 Å². The molecule has 4 rings (SSSR count). The Labute approximate surface area is 210 Å². The molecule has 0 bridgehead atoms. The summed E-state index contributed by atoms with van der Waals surface area (Å²) in [7, 11) is 0. The van der Waals surface area contributed by atoms with Crippen LogP contribution in [0.4, 0.5) is 18.3 Å². The zero-order chi connectivity index (χ0) is 25.7. The van der Waals surface area contributed by atoms with Gasteiger partial charge in [-0.15, -0.1) is 5.10 Å². The summed E-state index contributed by atoms with van der Waals surface area (Å²) in [4.78, 5) is 20.9. The molecule has 0 fully saturated rings. The van der Waals surface area contributed by atoms with Crippen molar-refractivity contribution in [3.05, 3.63) is 76.6 Å². The van der Waals surface area contributed by atoms with Gasteiger partial charge in [0.05, 0.1) is 21.8 Å². The monoisotopic (exact) mass is 532 g/mol. The Hall–Kier alpha value is -4.28. The van der Waals surface area contributed by atoms with Crippen LogP contribution in [-0.4, -0.2) is 32.7 Å². The summed E-state index contributed by atoms with van der Waals surface area (Å²) < 4.78 is 50.5. The number of pyridine rings is 2. The Morgan fingerprint density at radius 2 is 2.03 bits per heavy atom. The molecule has 0 aliphatic carbocycles. The second-order valence-electron chi connectivity index (χ2n) is 6.80. The van der Waals surface area contributed by atoms with Gasteiger partial charge in [0.1, 0.15) is 29.9 Å². The lowest BCUT2D eigenvalue weighted by atomic mass is 9.98. The van der Waals surface area contributed by atoms with Gasteiger partial charge in [-0.3, -0.25) is 15.1 Å². The molecule has 3 heterocycles. The molecule has 0 unspecified atom stereocenters. The molecule has 0 radical (unpaired) electrons. The average molecular weight is 533 g/mol. The number of hydrogen-bond acceptors (Lipinski definition) is 9. The maximum atomic E-state index is 14.7. The Balaban J connectivity index is 1.58. The number of anilines is 1. The van der Waals surface area contributed by atoms with Crippen LogP contribution >= 0.6 is 22.9 Å². The van der Waals surface area contributed by atoms with Gasteiger partial charge in [-0.05, 0) is 41.7 Å². The lowest BCUT2D eigenvalue weighted by Gasteiger charge is -2.14. The smallest absolute Gasteiger partial charge is 0.387 e. The van der Waals surface area contributed by atoms with E-state index in [2.05, 4.69) is 30.2 Å². The van der Waals surface area contributed by atoms with Crippen molar-refractivity contribution in [2.24, 2.45) is 0 Å². The predicted octanol–water partition coefficient (Wildman–Crippen LogP) is 5.09. The summed E-state index contributed by atoms with van der Waals surface area (Å²) in [6.45, 7) is -3.17. The van der Waals surface area contributed by atoms with E-state index in [-0.39, 0.29) is 33.8 Å². The fraction of sp³-hybridized carbons (Fsp3) is 0.0909. The number of nitriles is 1. The molecule has 0 atom stereocenters. The molecule has 4 aromatic rings. The van der Waals surface area contributed by atoms with Crippen molar-refractivity contribution in [2.75, 3.05) is 5.32 Å². The summed E-state index contributed by atoms with van der Waals surface area (Å²) in [5.74, 6) is -2.27. The lowest BCUT2D eigenvalue weighted by Crippen LogP contribution is -2.14. The molecular weight excluding hydrogens is 521 g/mol. The molecule has 14 heteroatoms. The number of halogens is 4. The van der Waals surface area contributed by atoms with Gasteiger partial charge >= 0.3 is 6.61 Å². The van der Waals surface area contributed by atoms with Crippen LogP contribution in [0.3, 0.4) is 0 Å². The second kappa shape index (κ2) is 11.0. The summed E-state index contributed by atoms with van der Waals surface area (Å²) in [6.07, 6.45) is 2.48. The molecule has 0 aliphatic rings. The highest BCUT2D eigenvalue weighted by atomic mass is 35.5. The Kier molecular flexibility index (Phi) is 7.57. The number of benzene rings is 1. The van der Waals surface area contributed by atoms with E-state index >= 15 is 0 Å². The van der Waals surface area contributed by atoms with Gasteiger partial charge in [0.15, 0.2) is 0 Å². The number of aromatic nitrogens is 4. The molecular formula is C22H12ClF3N6O3S. The summed E-state index contributed by atoms with van der Waals surface area (Å²) in [5.41, 5.74) is -0.419. The molecule has 1 amide bonds. The fourth-order valence-electron chi connectivity index (χ4n) is 2.97. The average Bonchev–Trinajstić information content (AvgIpc) is 3.30. The van der Waals surface area contributed by atoms with Gasteiger partial charge < -0.3 is 9.47 Å². The van der Waals surface area contributed by atoms with Gasteiger partial charge in [0, 0.05) is 18.0 Å². The van der Waals surface area contributed by atoms with Gasteiger partial charge in [-0.2, -0.15) is 14.0 Å². The summed E-state index contributed by atoms with van der Waals surface area (Å²) >= 11 is 6.69. The molecule has 182 valence electrons. The van der Waals surface area contributed by atoms with Gasteiger partial charge in [0.2, 0.25) is 5.13 Å². The number of rotatable bonds is 8. The number of nitrogens with one attached hydrogen (secondary N) is 1. The van der Waals surface area contributed by atoms with E-state index in [4.69, 9.17) is 16.3 Å². The first-order chi connectivity index (χ1) is 17.3. The fourth-order valence-corrected chi connectivity index (χ4v) is 3.68. The van der Waals surface area contributed by atoms with E-state index < -0.39 is 29.6 Å². The first-order valence-corrected chi connectivity index (χ1v) is 11.1. The molecule has 0 aliphatic heterocycles. The van der Waals surface area contributed by atoms with Gasteiger partial charge in [0.25, 0.3) is 11.1 Å². The van der Waals surface area contributed by atoms with E-state index in [0.717, 1.165) is 35.7 Å². The van der Waals surface area contributed by atoms with Crippen LogP contribution < -0.4 is 14.8 Å². The van der Waals surface area contributed by atoms with Crippen LogP contribution in [0.1, 0.15) is 21.7 Å². The first-order valence-electron chi connectivity index (χ1n) is 9.86. The van der Waals surface area contributed by atoms with E-state index in [0.29, 0.717) is 10.7 Å². The molecule has 0 spiro atoms. The SMILES string of the molecule is N#Cc1cc(-c2c(F)cccc2OC(F)F)c(C(=O)Nc2nnc(OCc3ccc(Cl)cn3)s2)cn1. The van der Waals surface area contributed by atoms with E-state index in [1.54, 1.807) is 18.2 Å². The van der Waals surface area contributed by atoms with Crippen LogP contribution in [-0.2, 0) is 6.61 Å². The second-order valence-corrected chi connectivity index (χ2v) is 8.18. The predicted molar refractivity (Wildman–Crippen MR) is 122 cm³/mol. The molecule has 3 aromatic heterocycles. The number of carbonyl (C=O) groups is 1. The van der Waals surface area contributed by atoms with Crippen molar-refractivity contribution in [2.45, 2.75) is 13.2 Å².